The first-order valence-corrected chi connectivity index (χ1v) is 8.77. The van der Waals surface area contributed by atoms with Crippen LogP contribution in [0.15, 0.2) is 24.5 Å². The van der Waals surface area contributed by atoms with Gasteiger partial charge in [0.05, 0.1) is 12.1 Å². The molecule has 3 atom stereocenters. The quantitative estimate of drug-likeness (QED) is 0.902. The molecule has 23 heavy (non-hydrogen) atoms. The highest BCUT2D eigenvalue weighted by molar-refractivity contribution is 5.81. The van der Waals surface area contributed by atoms with Gasteiger partial charge >= 0.3 is 0 Å². The molecule has 126 valence electrons. The summed E-state index contributed by atoms with van der Waals surface area (Å²) in [6, 6.07) is 4.10. The molecule has 5 heteroatoms. The van der Waals surface area contributed by atoms with Gasteiger partial charge in [0.1, 0.15) is 0 Å². The predicted molar refractivity (Wildman–Crippen MR) is 89.2 cm³/mol. The number of hydrogen-bond acceptors (Lipinski definition) is 4. The first-order valence-electron chi connectivity index (χ1n) is 8.77. The number of pyridine rings is 1. The SMILES string of the molecule is CC(C(=O)NCC1CCCO1)N1CCCC(c2ccncc2)C1. The third-order valence-electron chi connectivity index (χ3n) is 5.09. The summed E-state index contributed by atoms with van der Waals surface area (Å²) >= 11 is 0. The first kappa shape index (κ1) is 16.4. The van der Waals surface area contributed by atoms with Crippen molar-refractivity contribution >= 4 is 5.91 Å². The minimum Gasteiger partial charge on any atom is -0.376 e. The fourth-order valence-electron chi connectivity index (χ4n) is 3.60. The van der Waals surface area contributed by atoms with E-state index in [1.54, 1.807) is 0 Å². The van der Waals surface area contributed by atoms with Gasteiger partial charge in [-0.1, -0.05) is 0 Å². The summed E-state index contributed by atoms with van der Waals surface area (Å²) in [4.78, 5) is 18.8. The number of rotatable bonds is 5. The van der Waals surface area contributed by atoms with Crippen LogP contribution < -0.4 is 5.32 Å². The number of amides is 1. The fraction of sp³-hybridized carbons (Fsp3) is 0.667. The first-order chi connectivity index (χ1) is 11.2. The van der Waals surface area contributed by atoms with Gasteiger partial charge in [0.2, 0.25) is 5.91 Å². The lowest BCUT2D eigenvalue weighted by Gasteiger charge is -2.36. The van der Waals surface area contributed by atoms with Gasteiger partial charge < -0.3 is 10.1 Å². The number of likely N-dealkylation sites (tertiary alicyclic amines) is 1. The molecule has 5 nitrogen and oxygen atoms in total. The second-order valence-corrected chi connectivity index (χ2v) is 6.67. The van der Waals surface area contributed by atoms with Crippen LogP contribution in [-0.2, 0) is 9.53 Å². The lowest BCUT2D eigenvalue weighted by molar-refractivity contribution is -0.126. The third kappa shape index (κ3) is 4.30. The van der Waals surface area contributed by atoms with E-state index in [1.165, 1.54) is 12.0 Å². The maximum Gasteiger partial charge on any atom is 0.237 e. The van der Waals surface area contributed by atoms with Crippen molar-refractivity contribution in [3.63, 3.8) is 0 Å². The highest BCUT2D eigenvalue weighted by Crippen LogP contribution is 2.27. The monoisotopic (exact) mass is 317 g/mol. The number of carbonyl (C=O) groups is 1. The van der Waals surface area contributed by atoms with E-state index in [0.717, 1.165) is 39.0 Å². The zero-order valence-corrected chi connectivity index (χ0v) is 13.9. The van der Waals surface area contributed by atoms with Gasteiger partial charge in [0.25, 0.3) is 0 Å². The highest BCUT2D eigenvalue weighted by Gasteiger charge is 2.28. The molecular weight excluding hydrogens is 290 g/mol. The Morgan fingerprint density at radius 3 is 2.96 bits per heavy atom. The van der Waals surface area contributed by atoms with Crippen LogP contribution in [0.4, 0.5) is 0 Å². The summed E-state index contributed by atoms with van der Waals surface area (Å²) in [5.41, 5.74) is 1.33. The second kappa shape index (κ2) is 7.88. The normalized spacial score (nSPS) is 26.8. The van der Waals surface area contributed by atoms with Crippen molar-refractivity contribution in [3.05, 3.63) is 30.1 Å². The largest absolute Gasteiger partial charge is 0.376 e. The summed E-state index contributed by atoms with van der Waals surface area (Å²) in [7, 11) is 0. The Kier molecular flexibility index (Phi) is 5.62. The van der Waals surface area contributed by atoms with Crippen LogP contribution in [0.1, 0.15) is 44.1 Å². The van der Waals surface area contributed by atoms with Crippen LogP contribution in [0.5, 0.6) is 0 Å². The van der Waals surface area contributed by atoms with Gasteiger partial charge in [-0.3, -0.25) is 14.7 Å². The molecule has 0 radical (unpaired) electrons. The molecule has 0 aromatic carbocycles. The molecule has 1 amide bonds. The topological polar surface area (TPSA) is 54.5 Å². The molecule has 2 aliphatic rings. The van der Waals surface area contributed by atoms with Crippen LogP contribution >= 0.6 is 0 Å². The Hall–Kier alpha value is -1.46. The molecule has 2 fully saturated rings. The van der Waals surface area contributed by atoms with Crippen molar-refractivity contribution in [2.24, 2.45) is 0 Å². The van der Waals surface area contributed by atoms with Gasteiger partial charge in [-0.15, -0.1) is 0 Å². The van der Waals surface area contributed by atoms with E-state index in [0.29, 0.717) is 12.5 Å². The number of nitrogens with zero attached hydrogens (tertiary/aromatic N) is 2. The molecule has 0 aliphatic carbocycles. The maximum atomic E-state index is 12.4. The molecule has 0 bridgehead atoms. The lowest BCUT2D eigenvalue weighted by Crippen LogP contribution is -2.49. The standard InChI is InChI=1S/C18H27N3O2/c1-14(18(22)20-12-17-5-3-11-23-17)21-10-2-4-16(13-21)15-6-8-19-9-7-15/h6-9,14,16-17H,2-5,10-13H2,1H3,(H,20,22). The summed E-state index contributed by atoms with van der Waals surface area (Å²) in [5, 5.41) is 3.06. The van der Waals surface area contributed by atoms with Crippen LogP contribution in [-0.4, -0.2) is 54.2 Å². The Morgan fingerprint density at radius 2 is 2.22 bits per heavy atom. The smallest absolute Gasteiger partial charge is 0.237 e. The molecule has 1 N–H and O–H groups in total. The van der Waals surface area contributed by atoms with Crippen molar-refractivity contribution in [2.75, 3.05) is 26.2 Å². The predicted octanol–water partition coefficient (Wildman–Crippen LogP) is 1.94. The summed E-state index contributed by atoms with van der Waals surface area (Å²) < 4.78 is 5.57. The molecule has 2 aliphatic heterocycles. The lowest BCUT2D eigenvalue weighted by atomic mass is 9.90. The fourth-order valence-corrected chi connectivity index (χ4v) is 3.60. The van der Waals surface area contributed by atoms with E-state index in [-0.39, 0.29) is 18.1 Å². The van der Waals surface area contributed by atoms with Crippen molar-refractivity contribution in [3.8, 4) is 0 Å². The third-order valence-corrected chi connectivity index (χ3v) is 5.09. The Morgan fingerprint density at radius 1 is 1.39 bits per heavy atom. The molecule has 1 aromatic heterocycles. The summed E-state index contributed by atoms with van der Waals surface area (Å²) in [5.74, 6) is 0.621. The minimum absolute atomic E-state index is 0.0824. The number of nitrogens with one attached hydrogen (secondary N) is 1. The van der Waals surface area contributed by atoms with Gasteiger partial charge in [-0.05, 0) is 62.8 Å². The molecule has 3 rings (SSSR count). The molecular formula is C18H27N3O2. The molecule has 3 heterocycles. The van der Waals surface area contributed by atoms with E-state index >= 15 is 0 Å². The van der Waals surface area contributed by atoms with Gasteiger partial charge in [-0.25, -0.2) is 0 Å². The van der Waals surface area contributed by atoms with E-state index in [2.05, 4.69) is 27.3 Å². The van der Waals surface area contributed by atoms with E-state index < -0.39 is 0 Å². The number of ether oxygens (including phenoxy) is 1. The Balaban J connectivity index is 1.51. The maximum absolute atomic E-state index is 12.4. The van der Waals surface area contributed by atoms with Crippen LogP contribution in [0.2, 0.25) is 0 Å². The van der Waals surface area contributed by atoms with Crippen molar-refractivity contribution < 1.29 is 9.53 Å². The molecule has 0 saturated carbocycles. The zero-order valence-electron chi connectivity index (χ0n) is 13.9. The van der Waals surface area contributed by atoms with Gasteiger partial charge in [0.15, 0.2) is 0 Å². The van der Waals surface area contributed by atoms with Crippen molar-refractivity contribution in [1.82, 2.24) is 15.2 Å². The average molecular weight is 317 g/mol. The van der Waals surface area contributed by atoms with Crippen LogP contribution in [0, 0.1) is 0 Å². The summed E-state index contributed by atoms with van der Waals surface area (Å²) in [6.45, 7) is 5.43. The molecule has 3 unspecified atom stereocenters. The zero-order chi connectivity index (χ0) is 16.1. The molecule has 2 saturated heterocycles. The number of hydrogen-bond donors (Lipinski definition) is 1. The average Bonchev–Trinajstić information content (AvgIpc) is 3.13. The number of carbonyl (C=O) groups excluding carboxylic acids is 1. The number of aromatic nitrogens is 1. The molecule has 0 spiro atoms. The Bertz CT molecular complexity index is 502. The van der Waals surface area contributed by atoms with Gasteiger partial charge in [-0.2, -0.15) is 0 Å². The van der Waals surface area contributed by atoms with Crippen LogP contribution in [0.25, 0.3) is 0 Å². The van der Waals surface area contributed by atoms with Crippen LogP contribution in [0.3, 0.4) is 0 Å². The van der Waals surface area contributed by atoms with E-state index in [4.69, 9.17) is 4.74 Å². The minimum atomic E-state index is -0.0824. The summed E-state index contributed by atoms with van der Waals surface area (Å²) in [6.07, 6.45) is 8.40. The number of piperidine rings is 1. The van der Waals surface area contributed by atoms with E-state index in [1.807, 2.05) is 19.3 Å². The second-order valence-electron chi connectivity index (χ2n) is 6.67. The van der Waals surface area contributed by atoms with Crippen molar-refractivity contribution in [1.29, 1.82) is 0 Å². The Labute approximate surface area is 138 Å². The van der Waals surface area contributed by atoms with E-state index in [9.17, 15) is 4.79 Å². The van der Waals surface area contributed by atoms with Crippen molar-refractivity contribution in [2.45, 2.75) is 50.7 Å². The molecule has 1 aromatic rings. The highest BCUT2D eigenvalue weighted by atomic mass is 16.5. The van der Waals surface area contributed by atoms with Gasteiger partial charge in [0, 0.05) is 32.1 Å².